The highest BCUT2D eigenvalue weighted by Crippen LogP contribution is 2.13. The van der Waals surface area contributed by atoms with Gasteiger partial charge in [0.05, 0.1) is 0 Å². The van der Waals surface area contributed by atoms with Crippen molar-refractivity contribution >= 4 is 12.4 Å². The van der Waals surface area contributed by atoms with E-state index in [0.29, 0.717) is 6.61 Å². The Morgan fingerprint density at radius 3 is 2.65 bits per heavy atom. The third-order valence-corrected chi connectivity index (χ3v) is 2.04. The molecule has 0 atom stereocenters. The van der Waals surface area contributed by atoms with Crippen LogP contribution in [-0.2, 0) is 6.54 Å². The van der Waals surface area contributed by atoms with Gasteiger partial charge < -0.3 is 10.1 Å². The Balaban J connectivity index is 0.00000256. The van der Waals surface area contributed by atoms with Gasteiger partial charge in [0.2, 0.25) is 0 Å². The van der Waals surface area contributed by atoms with Crippen LogP contribution in [0.15, 0.2) is 24.3 Å². The van der Waals surface area contributed by atoms with Crippen molar-refractivity contribution < 1.29 is 4.74 Å². The highest BCUT2D eigenvalue weighted by Gasteiger charge is 2.08. The van der Waals surface area contributed by atoms with Gasteiger partial charge in [-0.3, -0.25) is 0 Å². The highest BCUT2D eigenvalue weighted by molar-refractivity contribution is 5.85. The Hall–Kier alpha value is -1.17. The normalized spacial score (nSPS) is 10.2. The van der Waals surface area contributed by atoms with E-state index in [0.717, 1.165) is 12.3 Å². The van der Waals surface area contributed by atoms with Gasteiger partial charge in [-0.2, -0.15) is 0 Å². The van der Waals surface area contributed by atoms with Crippen LogP contribution in [-0.4, -0.2) is 12.1 Å². The van der Waals surface area contributed by atoms with Crippen molar-refractivity contribution in [1.82, 2.24) is 5.32 Å². The van der Waals surface area contributed by atoms with E-state index in [2.05, 4.69) is 38.1 Å². The molecule has 2 nitrogen and oxygen atoms in total. The molecule has 0 radical (unpaired) electrons. The summed E-state index contributed by atoms with van der Waals surface area (Å²) in [7, 11) is 0. The Morgan fingerprint density at radius 2 is 2.06 bits per heavy atom. The van der Waals surface area contributed by atoms with Gasteiger partial charge in [-0.1, -0.05) is 18.1 Å². The average Bonchev–Trinajstić information content (AvgIpc) is 2.23. The minimum Gasteiger partial charge on any atom is -0.481 e. The molecule has 0 spiro atoms. The number of ether oxygens (including phenoxy) is 1. The van der Waals surface area contributed by atoms with Crippen molar-refractivity contribution in [2.24, 2.45) is 0 Å². The summed E-state index contributed by atoms with van der Waals surface area (Å²) in [5, 5.41) is 3.43. The minimum absolute atomic E-state index is 0. The first kappa shape index (κ1) is 15.8. The van der Waals surface area contributed by atoms with Gasteiger partial charge in [0.15, 0.2) is 0 Å². The number of terminal acetylenes is 1. The number of halogens is 1. The maximum Gasteiger partial charge on any atom is 0.148 e. The van der Waals surface area contributed by atoms with Crippen molar-refractivity contribution in [2.75, 3.05) is 6.61 Å². The van der Waals surface area contributed by atoms with Gasteiger partial charge in [-0.25, -0.2) is 0 Å². The molecule has 0 saturated carbocycles. The van der Waals surface area contributed by atoms with Crippen LogP contribution in [0.3, 0.4) is 0 Å². The summed E-state index contributed by atoms with van der Waals surface area (Å²) >= 11 is 0. The zero-order valence-electron chi connectivity index (χ0n) is 10.6. The molecule has 0 aliphatic heterocycles. The van der Waals surface area contributed by atoms with Gasteiger partial charge in [0.25, 0.3) is 0 Å². The Bertz CT molecular complexity index is 377. The first-order valence-electron chi connectivity index (χ1n) is 5.41. The van der Waals surface area contributed by atoms with Crippen molar-refractivity contribution in [1.29, 1.82) is 0 Å². The minimum atomic E-state index is 0. The standard InChI is InChI=1S/C14H19NO.ClH/c1-5-9-16-13-8-6-7-12(10-13)11-15-14(2,3)4;/h1,6-8,10,15H,9,11H2,2-4H3;1H. The lowest BCUT2D eigenvalue weighted by molar-refractivity contribution is 0.369. The number of benzene rings is 1. The molecule has 0 amide bonds. The molecule has 1 aromatic rings. The fourth-order valence-corrected chi connectivity index (χ4v) is 1.24. The van der Waals surface area contributed by atoms with Gasteiger partial charge in [-0.05, 0) is 38.5 Å². The summed E-state index contributed by atoms with van der Waals surface area (Å²) in [6.45, 7) is 7.58. The Labute approximate surface area is 110 Å². The molecule has 3 heteroatoms. The monoisotopic (exact) mass is 253 g/mol. The predicted molar refractivity (Wildman–Crippen MR) is 74.6 cm³/mol. The van der Waals surface area contributed by atoms with Crippen LogP contribution >= 0.6 is 12.4 Å². The lowest BCUT2D eigenvalue weighted by Crippen LogP contribution is -2.35. The third-order valence-electron chi connectivity index (χ3n) is 2.04. The number of hydrogen-bond acceptors (Lipinski definition) is 2. The summed E-state index contributed by atoms with van der Waals surface area (Å²) < 4.78 is 5.36. The molecule has 0 aliphatic rings. The van der Waals surface area contributed by atoms with E-state index >= 15 is 0 Å². The lowest BCUT2D eigenvalue weighted by Gasteiger charge is -2.20. The molecule has 0 saturated heterocycles. The predicted octanol–water partition coefficient (Wildman–Crippen LogP) is 3.01. The van der Waals surface area contributed by atoms with Crippen molar-refractivity contribution in [3.8, 4) is 18.1 Å². The third kappa shape index (κ3) is 6.88. The molecule has 0 heterocycles. The van der Waals surface area contributed by atoms with Crippen LogP contribution in [0.4, 0.5) is 0 Å². The number of rotatable bonds is 4. The van der Waals surface area contributed by atoms with E-state index < -0.39 is 0 Å². The van der Waals surface area contributed by atoms with E-state index in [-0.39, 0.29) is 17.9 Å². The quantitative estimate of drug-likeness (QED) is 0.833. The fraction of sp³-hybridized carbons (Fsp3) is 0.429. The van der Waals surface area contributed by atoms with Gasteiger partial charge >= 0.3 is 0 Å². The van der Waals surface area contributed by atoms with Crippen molar-refractivity contribution in [3.05, 3.63) is 29.8 Å². The topological polar surface area (TPSA) is 21.3 Å². The van der Waals surface area contributed by atoms with Crippen molar-refractivity contribution in [2.45, 2.75) is 32.9 Å². The van der Waals surface area contributed by atoms with E-state index in [1.807, 2.05) is 18.2 Å². The van der Waals surface area contributed by atoms with E-state index in [4.69, 9.17) is 11.2 Å². The Morgan fingerprint density at radius 1 is 1.35 bits per heavy atom. The molecule has 0 aromatic heterocycles. The second-order valence-electron chi connectivity index (χ2n) is 4.74. The van der Waals surface area contributed by atoms with Crippen LogP contribution in [0.1, 0.15) is 26.3 Å². The molecular formula is C14H20ClNO. The molecule has 0 unspecified atom stereocenters. The van der Waals surface area contributed by atoms with Crippen LogP contribution in [0.25, 0.3) is 0 Å². The van der Waals surface area contributed by atoms with Gasteiger partial charge in [0, 0.05) is 12.1 Å². The van der Waals surface area contributed by atoms with E-state index in [9.17, 15) is 0 Å². The molecule has 0 aliphatic carbocycles. The van der Waals surface area contributed by atoms with Crippen molar-refractivity contribution in [3.63, 3.8) is 0 Å². The van der Waals surface area contributed by atoms with E-state index in [1.54, 1.807) is 0 Å². The summed E-state index contributed by atoms with van der Waals surface area (Å²) in [4.78, 5) is 0. The fourth-order valence-electron chi connectivity index (χ4n) is 1.24. The zero-order chi connectivity index (χ0) is 12.0. The van der Waals surface area contributed by atoms with Crippen LogP contribution in [0.2, 0.25) is 0 Å². The maximum absolute atomic E-state index is 5.36. The Kier molecular flexibility index (Phi) is 6.72. The summed E-state index contributed by atoms with van der Waals surface area (Å²) in [6, 6.07) is 7.97. The van der Waals surface area contributed by atoms with Crippen LogP contribution in [0, 0.1) is 12.3 Å². The lowest BCUT2D eigenvalue weighted by atomic mass is 10.1. The molecule has 0 bridgehead atoms. The molecule has 1 N–H and O–H groups in total. The number of nitrogens with one attached hydrogen (secondary N) is 1. The largest absolute Gasteiger partial charge is 0.481 e. The molecular weight excluding hydrogens is 234 g/mol. The molecule has 17 heavy (non-hydrogen) atoms. The number of hydrogen-bond donors (Lipinski definition) is 1. The van der Waals surface area contributed by atoms with Crippen LogP contribution in [0.5, 0.6) is 5.75 Å². The SMILES string of the molecule is C#CCOc1cccc(CNC(C)(C)C)c1.Cl. The second-order valence-corrected chi connectivity index (χ2v) is 4.74. The smallest absolute Gasteiger partial charge is 0.148 e. The zero-order valence-corrected chi connectivity index (χ0v) is 11.4. The average molecular weight is 254 g/mol. The highest BCUT2D eigenvalue weighted by atomic mass is 35.5. The first-order chi connectivity index (χ1) is 7.51. The van der Waals surface area contributed by atoms with Gasteiger partial charge in [0.1, 0.15) is 12.4 Å². The summed E-state index contributed by atoms with van der Waals surface area (Å²) in [5.41, 5.74) is 1.32. The first-order valence-corrected chi connectivity index (χ1v) is 5.41. The van der Waals surface area contributed by atoms with E-state index in [1.165, 1.54) is 5.56 Å². The second kappa shape index (κ2) is 7.21. The maximum atomic E-state index is 5.36. The molecule has 1 aromatic carbocycles. The molecule has 1 rings (SSSR count). The van der Waals surface area contributed by atoms with Gasteiger partial charge in [-0.15, -0.1) is 18.8 Å². The summed E-state index contributed by atoms with van der Waals surface area (Å²) in [5.74, 6) is 3.28. The van der Waals surface area contributed by atoms with Crippen LogP contribution < -0.4 is 10.1 Å². The molecule has 0 fully saturated rings. The summed E-state index contributed by atoms with van der Waals surface area (Å²) in [6.07, 6.45) is 5.14. The molecule has 94 valence electrons.